The molecule has 1 heterocycles. The highest BCUT2D eigenvalue weighted by Crippen LogP contribution is 2.20. The summed E-state index contributed by atoms with van der Waals surface area (Å²) in [5.41, 5.74) is 1.35. The summed E-state index contributed by atoms with van der Waals surface area (Å²) in [6.45, 7) is 7.89. The van der Waals surface area contributed by atoms with Gasteiger partial charge in [0, 0.05) is 32.7 Å². The molecule has 0 bridgehead atoms. The van der Waals surface area contributed by atoms with Gasteiger partial charge in [-0.1, -0.05) is 18.2 Å². The molecule has 1 aromatic rings. The third kappa shape index (κ3) is 6.90. The molecule has 4 nitrogen and oxygen atoms in total. The van der Waals surface area contributed by atoms with Gasteiger partial charge in [0.25, 0.3) is 0 Å². The highest BCUT2D eigenvalue weighted by molar-refractivity contribution is 5.33. The van der Waals surface area contributed by atoms with Crippen LogP contribution in [0.3, 0.4) is 0 Å². The molecule has 0 unspecified atom stereocenters. The Kier molecular flexibility index (Phi) is 7.86. The van der Waals surface area contributed by atoms with Crippen molar-refractivity contribution in [2.75, 3.05) is 67.0 Å². The summed E-state index contributed by atoms with van der Waals surface area (Å²) in [7, 11) is 6.42. The van der Waals surface area contributed by atoms with Crippen molar-refractivity contribution < 1.29 is 4.74 Å². The predicted octanol–water partition coefficient (Wildman–Crippen LogP) is 2.20. The van der Waals surface area contributed by atoms with Crippen LogP contribution in [-0.4, -0.2) is 81.7 Å². The van der Waals surface area contributed by atoms with Crippen molar-refractivity contribution in [3.8, 4) is 5.75 Å². The second-order valence-electron chi connectivity index (χ2n) is 6.86. The molecule has 1 saturated heterocycles. The van der Waals surface area contributed by atoms with Gasteiger partial charge in [0.2, 0.25) is 0 Å². The van der Waals surface area contributed by atoms with Crippen LogP contribution in [0.25, 0.3) is 0 Å². The predicted molar refractivity (Wildman–Crippen MR) is 97.4 cm³/mol. The first-order valence-corrected chi connectivity index (χ1v) is 8.91. The quantitative estimate of drug-likeness (QED) is 0.650. The summed E-state index contributed by atoms with van der Waals surface area (Å²) >= 11 is 0. The van der Waals surface area contributed by atoms with Crippen LogP contribution in [0.4, 0.5) is 0 Å². The van der Waals surface area contributed by atoms with E-state index in [2.05, 4.69) is 60.1 Å². The maximum atomic E-state index is 6.00. The average Bonchev–Trinajstić information content (AvgIpc) is 2.54. The first-order valence-electron chi connectivity index (χ1n) is 8.91. The van der Waals surface area contributed by atoms with Crippen molar-refractivity contribution >= 4 is 0 Å². The third-order valence-corrected chi connectivity index (χ3v) is 4.50. The van der Waals surface area contributed by atoms with Gasteiger partial charge in [0.15, 0.2) is 0 Å². The minimum absolute atomic E-state index is 0.799. The Morgan fingerprint density at radius 3 is 2.52 bits per heavy atom. The van der Waals surface area contributed by atoms with Crippen LogP contribution in [0.2, 0.25) is 0 Å². The smallest absolute Gasteiger partial charge is 0.122 e. The van der Waals surface area contributed by atoms with Crippen LogP contribution in [0, 0.1) is 0 Å². The van der Waals surface area contributed by atoms with E-state index in [9.17, 15) is 0 Å². The number of benzene rings is 1. The van der Waals surface area contributed by atoms with E-state index in [1.54, 1.807) is 0 Å². The van der Waals surface area contributed by atoms with Crippen molar-refractivity contribution in [3.05, 3.63) is 29.8 Å². The number of nitrogens with zero attached hydrogens (tertiary/aromatic N) is 3. The van der Waals surface area contributed by atoms with Gasteiger partial charge < -0.3 is 19.4 Å². The molecular weight excluding hydrogens is 286 g/mol. The van der Waals surface area contributed by atoms with E-state index in [1.807, 2.05) is 0 Å². The van der Waals surface area contributed by atoms with E-state index < -0.39 is 0 Å². The van der Waals surface area contributed by atoms with Crippen molar-refractivity contribution in [3.63, 3.8) is 0 Å². The summed E-state index contributed by atoms with van der Waals surface area (Å²) in [4.78, 5) is 7.19. The Morgan fingerprint density at radius 2 is 1.78 bits per heavy atom. The molecule has 0 saturated carbocycles. The van der Waals surface area contributed by atoms with Crippen LogP contribution in [0.5, 0.6) is 5.75 Å². The highest BCUT2D eigenvalue weighted by atomic mass is 16.5. The minimum Gasteiger partial charge on any atom is -0.493 e. The lowest BCUT2D eigenvalue weighted by Gasteiger charge is -2.32. The van der Waals surface area contributed by atoms with Crippen molar-refractivity contribution in [1.29, 1.82) is 0 Å². The molecule has 130 valence electrons. The number of ether oxygens (including phenoxy) is 1. The highest BCUT2D eigenvalue weighted by Gasteiger charge is 2.13. The molecule has 0 aliphatic carbocycles. The van der Waals surface area contributed by atoms with Gasteiger partial charge in [-0.25, -0.2) is 0 Å². The summed E-state index contributed by atoms with van der Waals surface area (Å²) < 4.78 is 6.00. The number of rotatable bonds is 9. The SMILES string of the molecule is CN(C)CCCOc1ccccc1CCCN1CCN(C)CC1. The number of hydrogen-bond acceptors (Lipinski definition) is 4. The Labute approximate surface area is 142 Å². The number of likely N-dealkylation sites (N-methyl/N-ethyl adjacent to an activating group) is 1. The zero-order valence-electron chi connectivity index (χ0n) is 15.1. The maximum Gasteiger partial charge on any atom is 0.122 e. The number of para-hydroxylation sites is 1. The molecule has 0 atom stereocenters. The van der Waals surface area contributed by atoms with E-state index in [1.165, 1.54) is 44.7 Å². The Bertz CT molecular complexity index is 442. The fourth-order valence-corrected chi connectivity index (χ4v) is 2.98. The molecule has 23 heavy (non-hydrogen) atoms. The molecule has 1 fully saturated rings. The van der Waals surface area contributed by atoms with E-state index in [-0.39, 0.29) is 0 Å². The molecule has 1 aliphatic rings. The van der Waals surface area contributed by atoms with Gasteiger partial charge in [-0.15, -0.1) is 0 Å². The van der Waals surface area contributed by atoms with Gasteiger partial charge in [-0.2, -0.15) is 0 Å². The fraction of sp³-hybridized carbons (Fsp3) is 0.684. The molecule has 0 amide bonds. The summed E-state index contributed by atoms with van der Waals surface area (Å²) in [5.74, 6) is 1.07. The summed E-state index contributed by atoms with van der Waals surface area (Å²) in [6.07, 6.45) is 3.39. The molecular formula is C19H33N3O. The summed E-state index contributed by atoms with van der Waals surface area (Å²) in [6, 6.07) is 8.52. The van der Waals surface area contributed by atoms with Crippen LogP contribution in [-0.2, 0) is 6.42 Å². The molecule has 2 rings (SSSR count). The largest absolute Gasteiger partial charge is 0.493 e. The van der Waals surface area contributed by atoms with Crippen LogP contribution >= 0.6 is 0 Å². The number of aryl methyl sites for hydroxylation is 1. The molecule has 1 aromatic carbocycles. The zero-order chi connectivity index (χ0) is 16.5. The van der Waals surface area contributed by atoms with E-state index in [0.717, 1.165) is 31.7 Å². The standard InChI is InChI=1S/C19H33N3O/c1-20(2)11-7-17-23-19-10-5-4-8-18(19)9-6-12-22-15-13-21(3)14-16-22/h4-5,8,10H,6-7,9,11-17H2,1-3H3. The van der Waals surface area contributed by atoms with Gasteiger partial charge in [0.05, 0.1) is 6.61 Å². The number of piperazine rings is 1. The second kappa shape index (κ2) is 9.91. The molecule has 0 spiro atoms. The van der Waals surface area contributed by atoms with Gasteiger partial charge >= 0.3 is 0 Å². The van der Waals surface area contributed by atoms with E-state index >= 15 is 0 Å². The van der Waals surface area contributed by atoms with E-state index in [0.29, 0.717) is 0 Å². The Balaban J connectivity index is 1.71. The molecule has 4 heteroatoms. The molecule has 0 aromatic heterocycles. The van der Waals surface area contributed by atoms with Crippen LogP contribution < -0.4 is 4.74 Å². The van der Waals surface area contributed by atoms with Crippen LogP contribution in [0.1, 0.15) is 18.4 Å². The lowest BCUT2D eigenvalue weighted by atomic mass is 10.1. The first-order chi connectivity index (χ1) is 11.1. The van der Waals surface area contributed by atoms with Crippen molar-refractivity contribution in [2.24, 2.45) is 0 Å². The minimum atomic E-state index is 0.799. The molecule has 0 N–H and O–H groups in total. The first kappa shape index (κ1) is 18.2. The monoisotopic (exact) mass is 319 g/mol. The zero-order valence-corrected chi connectivity index (χ0v) is 15.1. The Hall–Kier alpha value is -1.10. The third-order valence-electron chi connectivity index (χ3n) is 4.50. The van der Waals surface area contributed by atoms with Gasteiger partial charge in [-0.05, 0) is 58.6 Å². The van der Waals surface area contributed by atoms with Gasteiger partial charge in [-0.3, -0.25) is 0 Å². The lowest BCUT2D eigenvalue weighted by Crippen LogP contribution is -2.44. The van der Waals surface area contributed by atoms with E-state index in [4.69, 9.17) is 4.74 Å². The lowest BCUT2D eigenvalue weighted by molar-refractivity contribution is 0.153. The summed E-state index contributed by atoms with van der Waals surface area (Å²) in [5, 5.41) is 0. The van der Waals surface area contributed by atoms with Crippen molar-refractivity contribution in [2.45, 2.75) is 19.3 Å². The molecule has 1 aliphatic heterocycles. The number of hydrogen-bond donors (Lipinski definition) is 0. The van der Waals surface area contributed by atoms with Gasteiger partial charge in [0.1, 0.15) is 5.75 Å². The maximum absolute atomic E-state index is 6.00. The normalized spacial score (nSPS) is 16.9. The topological polar surface area (TPSA) is 19.0 Å². The average molecular weight is 319 g/mol. The van der Waals surface area contributed by atoms with Crippen LogP contribution in [0.15, 0.2) is 24.3 Å². The second-order valence-corrected chi connectivity index (χ2v) is 6.86. The van der Waals surface area contributed by atoms with Crippen molar-refractivity contribution in [1.82, 2.24) is 14.7 Å². The molecule has 0 radical (unpaired) electrons. The fourth-order valence-electron chi connectivity index (χ4n) is 2.98. The Morgan fingerprint density at radius 1 is 1.04 bits per heavy atom.